The number of nitrogens with two attached hydrogens (primary N) is 2. The summed E-state index contributed by atoms with van der Waals surface area (Å²) in [5.74, 6) is -0.280. The number of ether oxygens (including phenoxy) is 2. The number of benzene rings is 3. The summed E-state index contributed by atoms with van der Waals surface area (Å²) in [6.07, 6.45) is -0.516. The van der Waals surface area contributed by atoms with Crippen LogP contribution in [-0.4, -0.2) is 26.4 Å². The second kappa shape index (κ2) is 8.34. The maximum Gasteiger partial charge on any atom is 0.123 e. The van der Waals surface area contributed by atoms with Crippen LogP contribution in [0.2, 0.25) is 0 Å². The zero-order chi connectivity index (χ0) is 21.3. The lowest BCUT2D eigenvalue weighted by Crippen LogP contribution is -2.31. The lowest BCUT2D eigenvalue weighted by atomic mass is 9.98. The molecule has 0 spiro atoms. The van der Waals surface area contributed by atoms with Gasteiger partial charge in [0.05, 0.1) is 12.1 Å². The quantitative estimate of drug-likeness (QED) is 0.616. The van der Waals surface area contributed by atoms with E-state index in [4.69, 9.17) is 20.9 Å². The molecule has 1 aliphatic rings. The molecule has 0 saturated carbocycles. The molecule has 0 aliphatic carbocycles. The van der Waals surface area contributed by atoms with Crippen LogP contribution in [0.25, 0.3) is 0 Å². The maximum atomic E-state index is 13.7. The van der Waals surface area contributed by atoms with Crippen molar-refractivity contribution in [1.29, 1.82) is 0 Å². The van der Waals surface area contributed by atoms with Gasteiger partial charge >= 0.3 is 0 Å². The number of anilines is 3. The van der Waals surface area contributed by atoms with Crippen molar-refractivity contribution in [3.63, 3.8) is 0 Å². The van der Waals surface area contributed by atoms with Gasteiger partial charge in [-0.05, 0) is 59.7 Å². The summed E-state index contributed by atoms with van der Waals surface area (Å²) < 4.78 is 25.6. The Kier molecular flexibility index (Phi) is 5.61. The molecule has 156 valence electrons. The van der Waals surface area contributed by atoms with Crippen molar-refractivity contribution >= 4 is 17.1 Å². The van der Waals surface area contributed by atoms with E-state index < -0.39 is 0 Å². The molecule has 4 atom stereocenters. The van der Waals surface area contributed by atoms with E-state index in [1.807, 2.05) is 48.5 Å². The van der Waals surface area contributed by atoms with Crippen LogP contribution in [0.5, 0.6) is 0 Å². The van der Waals surface area contributed by atoms with Crippen LogP contribution < -0.4 is 16.4 Å². The number of halogens is 1. The van der Waals surface area contributed by atoms with E-state index in [-0.39, 0.29) is 30.1 Å². The third-order valence-corrected chi connectivity index (χ3v) is 5.77. The van der Waals surface area contributed by atoms with Gasteiger partial charge in [0.2, 0.25) is 0 Å². The first-order valence-corrected chi connectivity index (χ1v) is 9.84. The predicted molar refractivity (Wildman–Crippen MR) is 118 cm³/mol. The molecule has 0 bridgehead atoms. The highest BCUT2D eigenvalue weighted by atomic mass is 19.1. The van der Waals surface area contributed by atoms with E-state index in [0.717, 1.165) is 16.8 Å². The fraction of sp³-hybridized carbons (Fsp3) is 0.250. The fourth-order valence-corrected chi connectivity index (χ4v) is 4.40. The van der Waals surface area contributed by atoms with E-state index in [1.54, 1.807) is 26.4 Å². The molecule has 3 aromatic rings. The minimum absolute atomic E-state index is 0.159. The Morgan fingerprint density at radius 2 is 1.07 bits per heavy atom. The van der Waals surface area contributed by atoms with Gasteiger partial charge in [0.15, 0.2) is 0 Å². The van der Waals surface area contributed by atoms with Crippen LogP contribution in [0.3, 0.4) is 0 Å². The van der Waals surface area contributed by atoms with Crippen molar-refractivity contribution in [2.24, 2.45) is 0 Å². The molecule has 1 unspecified atom stereocenters. The first kappa shape index (κ1) is 20.2. The van der Waals surface area contributed by atoms with Gasteiger partial charge in [-0.1, -0.05) is 24.3 Å². The second-order valence-electron chi connectivity index (χ2n) is 7.51. The highest BCUT2D eigenvalue weighted by Crippen LogP contribution is 2.49. The third-order valence-electron chi connectivity index (χ3n) is 5.77. The number of rotatable bonds is 5. The average molecular weight is 407 g/mol. The minimum atomic E-state index is -0.280. The molecular weight excluding hydrogens is 381 g/mol. The molecule has 1 saturated heterocycles. The Balaban J connectivity index is 1.90. The van der Waals surface area contributed by atoms with Crippen molar-refractivity contribution in [2.75, 3.05) is 30.6 Å². The van der Waals surface area contributed by atoms with E-state index >= 15 is 0 Å². The minimum Gasteiger partial charge on any atom is -0.399 e. The topological polar surface area (TPSA) is 73.7 Å². The van der Waals surface area contributed by atoms with Crippen molar-refractivity contribution in [3.8, 4) is 0 Å². The first-order chi connectivity index (χ1) is 14.5. The zero-order valence-corrected chi connectivity index (χ0v) is 17.0. The summed E-state index contributed by atoms with van der Waals surface area (Å²) in [4.78, 5) is 2.23. The van der Waals surface area contributed by atoms with E-state index in [1.165, 1.54) is 12.1 Å². The molecule has 0 aromatic heterocycles. The van der Waals surface area contributed by atoms with Gasteiger partial charge in [-0.3, -0.25) is 0 Å². The average Bonchev–Trinajstić information content (AvgIpc) is 3.09. The van der Waals surface area contributed by atoms with Gasteiger partial charge in [-0.15, -0.1) is 0 Å². The van der Waals surface area contributed by atoms with Crippen LogP contribution in [0.1, 0.15) is 23.2 Å². The van der Waals surface area contributed by atoms with E-state index in [9.17, 15) is 4.39 Å². The molecule has 1 aliphatic heterocycles. The van der Waals surface area contributed by atoms with Crippen molar-refractivity contribution in [3.05, 3.63) is 89.7 Å². The van der Waals surface area contributed by atoms with E-state index in [0.29, 0.717) is 11.4 Å². The normalized spacial score (nSPS) is 23.6. The molecule has 30 heavy (non-hydrogen) atoms. The van der Waals surface area contributed by atoms with Crippen LogP contribution in [0, 0.1) is 5.82 Å². The summed E-state index contributed by atoms with van der Waals surface area (Å²) in [5.41, 5.74) is 16.2. The van der Waals surface area contributed by atoms with Gasteiger partial charge in [0.1, 0.15) is 18.0 Å². The predicted octanol–water partition coefficient (Wildman–Crippen LogP) is 4.32. The first-order valence-electron chi connectivity index (χ1n) is 9.84. The summed E-state index contributed by atoms with van der Waals surface area (Å²) in [6.45, 7) is 0. The van der Waals surface area contributed by atoms with Gasteiger partial charge in [-0.2, -0.15) is 0 Å². The van der Waals surface area contributed by atoms with Gasteiger partial charge in [0.25, 0.3) is 0 Å². The van der Waals surface area contributed by atoms with Gasteiger partial charge in [-0.25, -0.2) is 4.39 Å². The highest BCUT2D eigenvalue weighted by molar-refractivity contribution is 5.56. The van der Waals surface area contributed by atoms with Crippen LogP contribution in [-0.2, 0) is 9.47 Å². The molecule has 5 nitrogen and oxygen atoms in total. The number of nitrogens with zero attached hydrogens (tertiary/aromatic N) is 1. The van der Waals surface area contributed by atoms with Crippen molar-refractivity contribution in [2.45, 2.75) is 24.3 Å². The Hall–Kier alpha value is -3.09. The van der Waals surface area contributed by atoms with Gasteiger partial charge in [0, 0.05) is 31.3 Å². The Morgan fingerprint density at radius 3 is 1.43 bits per heavy atom. The summed E-state index contributed by atoms with van der Waals surface area (Å²) in [6, 6.07) is 21.7. The smallest absolute Gasteiger partial charge is 0.123 e. The van der Waals surface area contributed by atoms with Gasteiger partial charge < -0.3 is 25.8 Å². The lowest BCUT2D eigenvalue weighted by molar-refractivity contribution is -0.0288. The van der Waals surface area contributed by atoms with E-state index in [2.05, 4.69) is 4.90 Å². The summed E-state index contributed by atoms with van der Waals surface area (Å²) >= 11 is 0. The van der Waals surface area contributed by atoms with Crippen molar-refractivity contribution < 1.29 is 13.9 Å². The molecule has 4 rings (SSSR count). The zero-order valence-electron chi connectivity index (χ0n) is 17.0. The molecule has 3 aromatic carbocycles. The Bertz CT molecular complexity index is 917. The Morgan fingerprint density at radius 1 is 0.667 bits per heavy atom. The molecule has 0 radical (unpaired) electrons. The summed E-state index contributed by atoms with van der Waals surface area (Å²) in [5, 5.41) is 0. The molecule has 6 heteroatoms. The monoisotopic (exact) mass is 407 g/mol. The number of hydrogen-bond acceptors (Lipinski definition) is 5. The molecular formula is C24H26FN3O2. The molecule has 0 amide bonds. The maximum absolute atomic E-state index is 13.7. The number of nitrogen functional groups attached to an aromatic ring is 2. The number of methoxy groups -OCH3 is 2. The second-order valence-corrected chi connectivity index (χ2v) is 7.51. The van der Waals surface area contributed by atoms with Crippen LogP contribution in [0.4, 0.5) is 21.5 Å². The van der Waals surface area contributed by atoms with Crippen molar-refractivity contribution in [1.82, 2.24) is 0 Å². The lowest BCUT2D eigenvalue weighted by Gasteiger charge is -2.34. The molecule has 1 heterocycles. The summed E-state index contributed by atoms with van der Waals surface area (Å²) in [7, 11) is 3.38. The van der Waals surface area contributed by atoms with Crippen LogP contribution in [0.15, 0.2) is 72.8 Å². The fourth-order valence-electron chi connectivity index (χ4n) is 4.40. The number of hydrogen-bond donors (Lipinski definition) is 2. The molecule has 4 N–H and O–H groups in total. The third kappa shape index (κ3) is 3.60. The largest absolute Gasteiger partial charge is 0.399 e. The highest BCUT2D eigenvalue weighted by Gasteiger charge is 2.51. The Labute approximate surface area is 176 Å². The molecule has 1 fully saturated rings. The standard InChI is InChI=1S/C24H26FN3O2/c1-29-23-21(15-3-9-18(26)10-4-15)28(20-13-7-17(25)8-14-20)22(24(23)30-2)16-5-11-19(27)12-6-16/h3-14,21-24H,26-27H2,1-2H3/t21-,22?,23+,24+/m0/s1. The van der Waals surface area contributed by atoms with Crippen LogP contribution >= 0.6 is 0 Å². The SMILES string of the molecule is CO[C@H]1[C@H](OC)C(c2ccc(N)cc2)N(c2ccc(F)cc2)[C@H]1c1ccc(N)cc1.